The minimum absolute atomic E-state index is 0.0722. The van der Waals surface area contributed by atoms with Gasteiger partial charge >= 0.3 is 12.7 Å². The topological polar surface area (TPSA) is 127 Å². The van der Waals surface area contributed by atoms with Crippen molar-refractivity contribution in [3.63, 3.8) is 0 Å². The number of rotatable bonds is 8. The molecule has 246 valence electrons. The first kappa shape index (κ1) is 33.4. The van der Waals surface area contributed by atoms with E-state index in [0.29, 0.717) is 26.9 Å². The number of alkyl halides is 6. The summed E-state index contributed by atoms with van der Waals surface area (Å²) in [6.45, 7) is 1.11. The second-order valence-electron chi connectivity index (χ2n) is 9.72. The molecule has 11 nitrogen and oxygen atoms in total. The first-order valence-corrected chi connectivity index (χ1v) is 15.7. The lowest BCUT2D eigenvalue weighted by Gasteiger charge is -2.39. The van der Waals surface area contributed by atoms with Gasteiger partial charge in [-0.25, -0.2) is 18.4 Å². The number of piperazine rings is 1. The van der Waals surface area contributed by atoms with E-state index < -0.39 is 46.2 Å². The molecule has 1 aliphatic rings. The molecule has 1 aliphatic heterocycles. The molecule has 0 aliphatic carbocycles. The van der Waals surface area contributed by atoms with Gasteiger partial charge in [-0.15, -0.1) is 26.3 Å². The van der Waals surface area contributed by atoms with Gasteiger partial charge in [-0.1, -0.05) is 35.1 Å². The third-order valence-corrected chi connectivity index (χ3v) is 9.93. The predicted molar refractivity (Wildman–Crippen MR) is 153 cm³/mol. The summed E-state index contributed by atoms with van der Waals surface area (Å²) in [7, 11) is -4.44. The number of hydrogen-bond donors (Lipinski definition) is 1. The van der Waals surface area contributed by atoms with E-state index in [9.17, 15) is 39.6 Å². The number of sulfonamides is 1. The Morgan fingerprint density at radius 1 is 0.957 bits per heavy atom. The van der Waals surface area contributed by atoms with E-state index in [2.05, 4.69) is 29.7 Å². The smallest absolute Gasteiger partial charge is 0.406 e. The second-order valence-corrected chi connectivity index (χ2v) is 12.9. The molecule has 1 atom stereocenters. The molecular formula is C26H21ClF6N6O5S2. The number of aryl methyl sites for hydroxylation is 1. The Morgan fingerprint density at radius 3 is 2.13 bits per heavy atom. The monoisotopic (exact) mass is 710 g/mol. The fourth-order valence-corrected chi connectivity index (χ4v) is 7.34. The van der Waals surface area contributed by atoms with Crippen molar-refractivity contribution in [2.45, 2.75) is 37.1 Å². The summed E-state index contributed by atoms with van der Waals surface area (Å²) < 4.78 is 112. The first-order chi connectivity index (χ1) is 21.5. The average molecular weight is 711 g/mol. The maximum Gasteiger partial charge on any atom is 0.573 e. The van der Waals surface area contributed by atoms with Crippen molar-refractivity contribution in [1.29, 1.82) is 0 Å². The van der Waals surface area contributed by atoms with E-state index in [-0.39, 0.29) is 36.2 Å². The van der Waals surface area contributed by atoms with Crippen LogP contribution >= 0.6 is 22.9 Å². The molecule has 4 aromatic rings. The van der Waals surface area contributed by atoms with Crippen LogP contribution in [-0.4, -0.2) is 72.0 Å². The summed E-state index contributed by atoms with van der Waals surface area (Å²) in [4.78, 5) is 27.7. The zero-order valence-corrected chi connectivity index (χ0v) is 25.7. The van der Waals surface area contributed by atoms with Gasteiger partial charge in [0.15, 0.2) is 15.9 Å². The van der Waals surface area contributed by atoms with Crippen LogP contribution in [0.3, 0.4) is 0 Å². The van der Waals surface area contributed by atoms with Crippen molar-refractivity contribution in [1.82, 2.24) is 24.6 Å². The highest BCUT2D eigenvalue weighted by molar-refractivity contribution is 7.89. The lowest BCUT2D eigenvalue weighted by Crippen LogP contribution is -2.60. The Labute approximate surface area is 265 Å². The van der Waals surface area contributed by atoms with Gasteiger partial charge in [-0.2, -0.15) is 9.29 Å². The van der Waals surface area contributed by atoms with Crippen molar-refractivity contribution in [3.05, 3.63) is 65.1 Å². The van der Waals surface area contributed by atoms with Gasteiger partial charge in [0.05, 0.1) is 4.90 Å². The molecule has 0 saturated carbocycles. The third-order valence-electron chi connectivity index (χ3n) is 6.51. The number of hydrogen-bond acceptors (Lipinski definition) is 10. The van der Waals surface area contributed by atoms with Gasteiger partial charge < -0.3 is 19.7 Å². The molecule has 1 amide bonds. The number of halogens is 7. The van der Waals surface area contributed by atoms with Crippen molar-refractivity contribution < 1.29 is 49.0 Å². The van der Waals surface area contributed by atoms with Crippen molar-refractivity contribution in [2.24, 2.45) is 0 Å². The summed E-state index contributed by atoms with van der Waals surface area (Å²) in [5, 5.41) is 3.16. The molecule has 1 saturated heterocycles. The molecule has 0 radical (unpaired) electrons. The van der Waals surface area contributed by atoms with E-state index in [1.165, 1.54) is 12.1 Å². The van der Waals surface area contributed by atoms with Gasteiger partial charge in [-0.3, -0.25) is 4.79 Å². The van der Waals surface area contributed by atoms with Crippen molar-refractivity contribution in [2.75, 3.05) is 24.5 Å². The molecule has 2 aromatic heterocycles. The molecule has 1 N–H and O–H groups in total. The molecule has 46 heavy (non-hydrogen) atoms. The second kappa shape index (κ2) is 12.7. The summed E-state index contributed by atoms with van der Waals surface area (Å²) >= 11 is 7.39. The Bertz CT molecular complexity index is 1840. The minimum atomic E-state index is -4.99. The normalized spacial score (nSPS) is 16.4. The maximum atomic E-state index is 13.7. The number of thiazole rings is 1. The number of aromatic nitrogens is 3. The van der Waals surface area contributed by atoms with Crippen molar-refractivity contribution in [3.8, 4) is 11.5 Å². The Kier molecular flexibility index (Phi) is 9.22. The number of carbonyl (C=O) groups is 1. The van der Waals surface area contributed by atoms with E-state index >= 15 is 0 Å². The summed E-state index contributed by atoms with van der Waals surface area (Å²) in [6.07, 6.45) is -9.87. The fourth-order valence-electron chi connectivity index (χ4n) is 4.52. The Balaban J connectivity index is 1.40. The standard InChI is InChI=1S/C26H21ClF6N6O5S2/c1-14-35-21(27)20-22(36-14)37-24(45-20)38-10-11-39(46(41,42)18-8-6-17(7-9-18)44-26(31,32)33)19(13-38)23(40)34-12-15-2-4-16(5-3-15)43-25(28,29)30/h2-9,19H,10-13H2,1H3,(H,34,40)/t19-/m1/s1. The predicted octanol–water partition coefficient (Wildman–Crippen LogP) is 5.04. The zero-order chi connectivity index (χ0) is 33.4. The Hall–Kier alpha value is -3.94. The number of benzene rings is 2. The van der Waals surface area contributed by atoms with Gasteiger partial charge in [-0.05, 0) is 48.9 Å². The summed E-state index contributed by atoms with van der Waals surface area (Å²) in [6, 6.07) is 6.87. The Morgan fingerprint density at radius 2 is 1.54 bits per heavy atom. The van der Waals surface area contributed by atoms with Gasteiger partial charge in [0, 0.05) is 26.2 Å². The summed E-state index contributed by atoms with van der Waals surface area (Å²) in [5.41, 5.74) is 0.702. The average Bonchev–Trinajstić information content (AvgIpc) is 3.39. The van der Waals surface area contributed by atoms with Crippen LogP contribution in [0.4, 0.5) is 31.5 Å². The quantitative estimate of drug-likeness (QED) is 0.198. The van der Waals surface area contributed by atoms with Crippen LogP contribution < -0.4 is 19.7 Å². The van der Waals surface area contributed by atoms with Gasteiger partial charge in [0.2, 0.25) is 15.9 Å². The van der Waals surface area contributed by atoms with Crippen LogP contribution in [0.25, 0.3) is 10.3 Å². The van der Waals surface area contributed by atoms with Crippen LogP contribution in [0.1, 0.15) is 11.4 Å². The molecule has 0 bridgehead atoms. The molecule has 0 spiro atoms. The maximum absolute atomic E-state index is 13.7. The molecule has 2 aromatic carbocycles. The lowest BCUT2D eigenvalue weighted by molar-refractivity contribution is -0.275. The van der Waals surface area contributed by atoms with E-state index in [4.69, 9.17) is 11.6 Å². The minimum Gasteiger partial charge on any atom is -0.406 e. The van der Waals surface area contributed by atoms with Gasteiger partial charge in [0.25, 0.3) is 0 Å². The SMILES string of the molecule is Cc1nc(Cl)c2sc(N3CCN(S(=O)(=O)c4ccc(OC(F)(F)F)cc4)[C@@H](C(=O)NCc4ccc(OC(F)(F)F)cc4)C3)nc2n1. The number of carbonyl (C=O) groups excluding carboxylic acids is 1. The lowest BCUT2D eigenvalue weighted by atomic mass is 10.1. The fraction of sp³-hybridized carbons (Fsp3) is 0.308. The highest BCUT2D eigenvalue weighted by Crippen LogP contribution is 2.34. The molecule has 0 unspecified atom stereocenters. The van der Waals surface area contributed by atoms with Crippen LogP contribution in [0.15, 0.2) is 53.4 Å². The van der Waals surface area contributed by atoms with E-state index in [1.807, 2.05) is 0 Å². The molecule has 20 heteroatoms. The number of nitrogens with zero attached hydrogens (tertiary/aromatic N) is 5. The van der Waals surface area contributed by atoms with Crippen LogP contribution in [0.5, 0.6) is 11.5 Å². The van der Waals surface area contributed by atoms with Gasteiger partial charge in [0.1, 0.15) is 28.1 Å². The number of ether oxygens (including phenoxy) is 2. The van der Waals surface area contributed by atoms with E-state index in [0.717, 1.165) is 52.0 Å². The number of amides is 1. The van der Waals surface area contributed by atoms with Crippen molar-refractivity contribution >= 4 is 54.3 Å². The molecule has 3 heterocycles. The zero-order valence-electron chi connectivity index (χ0n) is 23.3. The van der Waals surface area contributed by atoms with Crippen LogP contribution in [0, 0.1) is 6.92 Å². The highest BCUT2D eigenvalue weighted by atomic mass is 35.5. The molecule has 5 rings (SSSR count). The van der Waals surface area contributed by atoms with Crippen LogP contribution in [-0.2, 0) is 21.4 Å². The molecule has 1 fully saturated rings. The number of fused-ring (bicyclic) bond motifs is 1. The number of anilines is 1. The first-order valence-electron chi connectivity index (χ1n) is 13.0. The van der Waals surface area contributed by atoms with E-state index in [1.54, 1.807) is 11.8 Å². The highest BCUT2D eigenvalue weighted by Gasteiger charge is 2.41. The summed E-state index contributed by atoms with van der Waals surface area (Å²) in [5.74, 6) is -1.47. The third kappa shape index (κ3) is 7.88. The van der Waals surface area contributed by atoms with Crippen LogP contribution in [0.2, 0.25) is 5.15 Å². The number of nitrogens with one attached hydrogen (secondary N) is 1. The largest absolute Gasteiger partial charge is 0.573 e. The molecular weight excluding hydrogens is 690 g/mol.